The topological polar surface area (TPSA) is 83.7 Å². The van der Waals surface area contributed by atoms with Crippen LogP contribution in [-0.4, -0.2) is 27.9 Å². The van der Waals surface area contributed by atoms with Crippen molar-refractivity contribution in [2.45, 2.75) is 29.0 Å². The summed E-state index contributed by atoms with van der Waals surface area (Å²) in [6.45, 7) is 4.24. The van der Waals surface area contributed by atoms with Crippen molar-refractivity contribution in [2.24, 2.45) is 0 Å². The van der Waals surface area contributed by atoms with Gasteiger partial charge in [0.2, 0.25) is 0 Å². The van der Waals surface area contributed by atoms with Gasteiger partial charge in [0.05, 0.1) is 15.9 Å². The number of non-ortho nitro benzene ring substituents is 1. The molecule has 7 heteroatoms. The number of hydrogen-bond donors (Lipinski definition) is 1. The molecule has 0 fully saturated rings. The van der Waals surface area contributed by atoms with Gasteiger partial charge in [-0.05, 0) is 41.5 Å². The van der Waals surface area contributed by atoms with Gasteiger partial charge >= 0.3 is 5.97 Å². The second-order valence-corrected chi connectivity index (χ2v) is 9.70. The normalized spacial score (nSPS) is 20.7. The molecule has 3 aromatic carbocycles. The number of aromatic carboxylic acids is 1. The largest absolute Gasteiger partial charge is 0.478 e. The van der Waals surface area contributed by atoms with Crippen molar-refractivity contribution in [3.8, 4) is 0 Å². The maximum Gasteiger partial charge on any atom is 0.335 e. The van der Waals surface area contributed by atoms with E-state index in [0.29, 0.717) is 5.39 Å². The standard InChI is InChI=1S/C24H20N2O4S/c1-23(2)18-12-15(22(27)28)8-9-19(18)25(3)24(23)11-10-14-13-20(26(29)30)16-6-4-5-7-17(16)21(14)31-24/h4-13H,1-3H3,(H,27,28). The highest BCUT2D eigenvalue weighted by Gasteiger charge is 2.56. The zero-order chi connectivity index (χ0) is 22.1. The maximum atomic E-state index is 11.7. The van der Waals surface area contributed by atoms with Crippen LogP contribution in [-0.2, 0) is 5.41 Å². The Bertz CT molecular complexity index is 1330. The molecule has 0 aromatic heterocycles. The van der Waals surface area contributed by atoms with Gasteiger partial charge in [-0.1, -0.05) is 49.9 Å². The van der Waals surface area contributed by atoms with E-state index < -0.39 is 16.3 Å². The fraction of sp³-hybridized carbons (Fsp3) is 0.208. The van der Waals surface area contributed by atoms with Crippen LogP contribution in [0.4, 0.5) is 11.4 Å². The second-order valence-electron chi connectivity index (χ2n) is 8.47. The first-order valence-electron chi connectivity index (χ1n) is 9.87. The molecule has 2 aliphatic rings. The first-order valence-corrected chi connectivity index (χ1v) is 10.7. The lowest BCUT2D eigenvalue weighted by atomic mass is 9.79. The molecule has 5 rings (SSSR count). The molecule has 1 atom stereocenters. The van der Waals surface area contributed by atoms with E-state index in [1.165, 1.54) is 0 Å². The van der Waals surface area contributed by atoms with Crippen LogP contribution >= 0.6 is 11.8 Å². The first kappa shape index (κ1) is 19.6. The van der Waals surface area contributed by atoms with Crippen LogP contribution in [0, 0.1) is 10.1 Å². The van der Waals surface area contributed by atoms with Crippen LogP contribution < -0.4 is 4.90 Å². The Morgan fingerprint density at radius 3 is 2.52 bits per heavy atom. The lowest BCUT2D eigenvalue weighted by molar-refractivity contribution is -0.383. The molecule has 1 spiro atoms. The summed E-state index contributed by atoms with van der Waals surface area (Å²) in [5.41, 5.74) is 2.74. The summed E-state index contributed by atoms with van der Waals surface area (Å²) in [5.74, 6) is -0.947. The average molecular weight is 433 g/mol. The second kappa shape index (κ2) is 6.34. The summed E-state index contributed by atoms with van der Waals surface area (Å²) in [5, 5.41) is 22.6. The Morgan fingerprint density at radius 1 is 1.13 bits per heavy atom. The molecule has 0 bridgehead atoms. The van der Waals surface area contributed by atoms with E-state index >= 15 is 0 Å². The van der Waals surface area contributed by atoms with E-state index in [2.05, 4.69) is 24.8 Å². The van der Waals surface area contributed by atoms with Gasteiger partial charge in [0.25, 0.3) is 5.69 Å². The number of hydrogen-bond acceptors (Lipinski definition) is 5. The predicted molar refractivity (Wildman–Crippen MR) is 123 cm³/mol. The molecule has 2 aliphatic heterocycles. The van der Waals surface area contributed by atoms with Crippen molar-refractivity contribution in [3.05, 3.63) is 81.4 Å². The van der Waals surface area contributed by atoms with Crippen LogP contribution in [0.15, 0.2) is 59.5 Å². The molecule has 6 nitrogen and oxygen atoms in total. The Balaban J connectivity index is 1.73. The molecule has 0 amide bonds. The predicted octanol–water partition coefficient (Wildman–Crippen LogP) is 5.69. The van der Waals surface area contributed by atoms with Crippen LogP contribution in [0.25, 0.3) is 16.8 Å². The summed E-state index contributed by atoms with van der Waals surface area (Å²) in [6, 6.07) is 14.3. The van der Waals surface area contributed by atoms with Gasteiger partial charge in [-0.2, -0.15) is 0 Å². The summed E-state index contributed by atoms with van der Waals surface area (Å²) < 4.78 is 0. The lowest BCUT2D eigenvalue weighted by Gasteiger charge is -2.45. The molecule has 1 N–H and O–H groups in total. The molecule has 31 heavy (non-hydrogen) atoms. The van der Waals surface area contributed by atoms with E-state index in [0.717, 1.165) is 27.1 Å². The van der Waals surface area contributed by atoms with Crippen LogP contribution in [0.3, 0.4) is 0 Å². The fourth-order valence-corrected chi connectivity index (χ4v) is 6.48. The van der Waals surface area contributed by atoms with E-state index in [-0.39, 0.29) is 16.2 Å². The third kappa shape index (κ3) is 2.50. The quantitative estimate of drug-likeness (QED) is 0.414. The molecule has 0 aliphatic carbocycles. The zero-order valence-corrected chi connectivity index (χ0v) is 18.1. The van der Waals surface area contributed by atoms with Crippen molar-refractivity contribution in [2.75, 3.05) is 11.9 Å². The number of carboxylic acids is 1. The Hall–Kier alpha value is -3.32. The van der Waals surface area contributed by atoms with Crippen molar-refractivity contribution < 1.29 is 14.8 Å². The van der Waals surface area contributed by atoms with E-state index in [1.807, 2.05) is 37.4 Å². The number of carbonyl (C=O) groups is 1. The van der Waals surface area contributed by atoms with E-state index in [4.69, 9.17) is 0 Å². The summed E-state index contributed by atoms with van der Waals surface area (Å²) in [4.78, 5) is 25.6. The summed E-state index contributed by atoms with van der Waals surface area (Å²) in [7, 11) is 2.02. The van der Waals surface area contributed by atoms with Crippen molar-refractivity contribution >= 4 is 46.0 Å². The van der Waals surface area contributed by atoms with E-state index in [1.54, 1.807) is 36.0 Å². The maximum absolute atomic E-state index is 11.7. The van der Waals surface area contributed by atoms with Crippen LogP contribution in [0.1, 0.15) is 35.3 Å². The Morgan fingerprint density at radius 2 is 1.84 bits per heavy atom. The molecule has 1 unspecified atom stereocenters. The third-order valence-corrected chi connectivity index (χ3v) is 8.51. The van der Waals surface area contributed by atoms with Gasteiger partial charge in [-0.25, -0.2) is 4.79 Å². The summed E-state index contributed by atoms with van der Waals surface area (Å²) >= 11 is 1.67. The monoisotopic (exact) mass is 432 g/mol. The molecule has 0 saturated heterocycles. The lowest BCUT2D eigenvalue weighted by Crippen LogP contribution is -2.50. The number of thioether (sulfide) groups is 1. The SMILES string of the molecule is CN1c2ccc(C(=O)O)cc2C(C)(C)C12C=Cc1cc([N+](=O)[O-])c3ccccc3c1S2. The highest BCUT2D eigenvalue weighted by Crippen LogP contribution is 2.61. The number of nitrogens with zero attached hydrogens (tertiary/aromatic N) is 2. The van der Waals surface area contributed by atoms with Gasteiger partial charge in [-0.3, -0.25) is 10.1 Å². The van der Waals surface area contributed by atoms with Gasteiger partial charge in [0.15, 0.2) is 0 Å². The van der Waals surface area contributed by atoms with Crippen molar-refractivity contribution in [3.63, 3.8) is 0 Å². The number of rotatable bonds is 2. The number of anilines is 1. The van der Waals surface area contributed by atoms with Gasteiger partial charge in [-0.15, -0.1) is 0 Å². The highest BCUT2D eigenvalue weighted by atomic mass is 32.2. The summed E-state index contributed by atoms with van der Waals surface area (Å²) in [6.07, 6.45) is 4.06. The zero-order valence-electron chi connectivity index (χ0n) is 17.2. The van der Waals surface area contributed by atoms with Crippen LogP contribution in [0.5, 0.6) is 0 Å². The Labute approximate surface area is 183 Å². The van der Waals surface area contributed by atoms with E-state index in [9.17, 15) is 20.0 Å². The third-order valence-electron chi connectivity index (χ3n) is 6.62. The minimum atomic E-state index is -0.947. The first-order chi connectivity index (χ1) is 14.7. The molecule has 3 aromatic rings. The molecule has 0 saturated carbocycles. The number of likely N-dealkylation sites (N-methyl/N-ethyl adjacent to an activating group) is 1. The molecule has 0 radical (unpaired) electrons. The number of fused-ring (bicyclic) bond motifs is 4. The molecular formula is C24H20N2O4S. The number of benzene rings is 3. The highest BCUT2D eigenvalue weighted by molar-refractivity contribution is 8.01. The van der Waals surface area contributed by atoms with Crippen molar-refractivity contribution in [1.82, 2.24) is 0 Å². The number of nitro benzene ring substituents is 1. The molecular weight excluding hydrogens is 412 g/mol. The fourth-order valence-electron chi connectivity index (χ4n) is 4.90. The number of nitro groups is 1. The van der Waals surface area contributed by atoms with Gasteiger partial charge < -0.3 is 10.0 Å². The van der Waals surface area contributed by atoms with Crippen LogP contribution in [0.2, 0.25) is 0 Å². The molecule has 156 valence electrons. The minimum absolute atomic E-state index is 0.101. The van der Waals surface area contributed by atoms with Gasteiger partial charge in [0, 0.05) is 34.5 Å². The number of carboxylic acid groups (broad SMARTS) is 1. The minimum Gasteiger partial charge on any atom is -0.478 e. The smallest absolute Gasteiger partial charge is 0.335 e. The van der Waals surface area contributed by atoms with Gasteiger partial charge in [0.1, 0.15) is 4.87 Å². The molecule has 2 heterocycles. The average Bonchev–Trinajstić information content (AvgIpc) is 2.91. The Kier molecular flexibility index (Phi) is 4.02. The van der Waals surface area contributed by atoms with Crippen molar-refractivity contribution in [1.29, 1.82) is 0 Å².